The number of nitro benzene ring substituents is 1. The molecule has 0 amide bonds. The van der Waals surface area contributed by atoms with E-state index in [9.17, 15) is 18.9 Å². The number of ether oxygens (including phenoxy) is 1. The van der Waals surface area contributed by atoms with Crippen LogP contribution in [0.4, 0.5) is 20.2 Å². The molecular formula is C13H16F2N2O3. The number of hydrogen-bond donors (Lipinski definition) is 1. The molecule has 0 saturated carbocycles. The molecule has 0 spiro atoms. The van der Waals surface area contributed by atoms with Gasteiger partial charge < -0.3 is 10.1 Å². The molecule has 1 saturated heterocycles. The summed E-state index contributed by atoms with van der Waals surface area (Å²) in [5, 5.41) is 13.7. The van der Waals surface area contributed by atoms with Gasteiger partial charge in [0.05, 0.1) is 17.1 Å². The lowest BCUT2D eigenvalue weighted by Gasteiger charge is -2.33. The lowest BCUT2D eigenvalue weighted by molar-refractivity contribution is -0.384. The van der Waals surface area contributed by atoms with E-state index in [0.717, 1.165) is 12.1 Å². The summed E-state index contributed by atoms with van der Waals surface area (Å²) in [6, 6.07) is 1.53. The highest BCUT2D eigenvalue weighted by molar-refractivity contribution is 5.63. The van der Waals surface area contributed by atoms with Crippen LogP contribution in [0.25, 0.3) is 0 Å². The predicted molar refractivity (Wildman–Crippen MR) is 69.7 cm³/mol. The molecule has 1 aliphatic heterocycles. The van der Waals surface area contributed by atoms with Gasteiger partial charge >= 0.3 is 0 Å². The van der Waals surface area contributed by atoms with E-state index in [0.29, 0.717) is 12.8 Å². The van der Waals surface area contributed by atoms with Gasteiger partial charge in [0.1, 0.15) is 0 Å². The Morgan fingerprint density at radius 1 is 1.30 bits per heavy atom. The second-order valence-corrected chi connectivity index (χ2v) is 5.08. The Balaban J connectivity index is 2.28. The van der Waals surface area contributed by atoms with Crippen LogP contribution in [-0.4, -0.2) is 23.2 Å². The van der Waals surface area contributed by atoms with Gasteiger partial charge in [0, 0.05) is 12.1 Å². The van der Waals surface area contributed by atoms with Crippen LogP contribution in [0.3, 0.4) is 0 Å². The fraction of sp³-hybridized carbons (Fsp3) is 0.538. The summed E-state index contributed by atoms with van der Waals surface area (Å²) in [6.07, 6.45) is 1.09. The molecule has 1 aliphatic rings. The van der Waals surface area contributed by atoms with Crippen LogP contribution in [0.15, 0.2) is 12.1 Å². The number of nitro groups is 1. The van der Waals surface area contributed by atoms with Crippen molar-refractivity contribution in [1.29, 1.82) is 0 Å². The van der Waals surface area contributed by atoms with Gasteiger partial charge in [-0.15, -0.1) is 0 Å². The standard InChI is InChI=1S/C13H16F2N2O3/c1-7-5-9(6-8(2)20-7)16-13-11(17(18)19)4-3-10(14)12(13)15/h3-4,7-9,16H,5-6H2,1-2H3. The zero-order valence-corrected chi connectivity index (χ0v) is 11.2. The summed E-state index contributed by atoms with van der Waals surface area (Å²) in [5.41, 5.74) is -0.850. The molecule has 7 heteroatoms. The van der Waals surface area contributed by atoms with E-state index in [2.05, 4.69) is 5.32 Å². The third-order valence-corrected chi connectivity index (χ3v) is 3.32. The predicted octanol–water partition coefficient (Wildman–Crippen LogP) is 3.24. The van der Waals surface area contributed by atoms with Crippen molar-refractivity contribution in [1.82, 2.24) is 0 Å². The molecular weight excluding hydrogens is 270 g/mol. The quantitative estimate of drug-likeness (QED) is 0.684. The van der Waals surface area contributed by atoms with Crippen molar-refractivity contribution in [2.75, 3.05) is 5.32 Å². The van der Waals surface area contributed by atoms with Gasteiger partial charge in [-0.05, 0) is 32.8 Å². The van der Waals surface area contributed by atoms with Crippen LogP contribution < -0.4 is 5.32 Å². The Morgan fingerprint density at radius 2 is 1.90 bits per heavy atom. The van der Waals surface area contributed by atoms with Crippen molar-refractivity contribution < 1.29 is 18.4 Å². The zero-order valence-electron chi connectivity index (χ0n) is 11.2. The third-order valence-electron chi connectivity index (χ3n) is 3.32. The molecule has 1 aromatic carbocycles. The second-order valence-electron chi connectivity index (χ2n) is 5.08. The Kier molecular flexibility index (Phi) is 4.17. The van der Waals surface area contributed by atoms with Crippen molar-refractivity contribution in [2.24, 2.45) is 0 Å². The largest absolute Gasteiger partial charge is 0.375 e. The van der Waals surface area contributed by atoms with E-state index in [4.69, 9.17) is 4.74 Å². The smallest absolute Gasteiger partial charge is 0.295 e. The highest BCUT2D eigenvalue weighted by Crippen LogP contribution is 2.32. The lowest BCUT2D eigenvalue weighted by atomic mass is 9.99. The first-order valence-electron chi connectivity index (χ1n) is 6.43. The average molecular weight is 286 g/mol. The first kappa shape index (κ1) is 14.6. The Morgan fingerprint density at radius 3 is 2.45 bits per heavy atom. The Bertz CT molecular complexity index is 515. The molecule has 20 heavy (non-hydrogen) atoms. The topological polar surface area (TPSA) is 64.4 Å². The highest BCUT2D eigenvalue weighted by atomic mass is 19.2. The Hall–Kier alpha value is -1.76. The number of hydrogen-bond acceptors (Lipinski definition) is 4. The SMILES string of the molecule is CC1CC(Nc2c([N+](=O)[O-])ccc(F)c2F)CC(C)O1. The number of halogens is 2. The monoisotopic (exact) mass is 286 g/mol. The number of anilines is 1. The van der Waals surface area contributed by atoms with Crippen LogP contribution in [0, 0.1) is 21.7 Å². The highest BCUT2D eigenvalue weighted by Gasteiger charge is 2.28. The van der Waals surface area contributed by atoms with E-state index in [1.54, 1.807) is 0 Å². The van der Waals surface area contributed by atoms with Gasteiger partial charge in [0.15, 0.2) is 17.3 Å². The van der Waals surface area contributed by atoms with Gasteiger partial charge in [-0.1, -0.05) is 0 Å². The van der Waals surface area contributed by atoms with Gasteiger partial charge in [0.25, 0.3) is 5.69 Å². The summed E-state index contributed by atoms with van der Waals surface area (Å²) >= 11 is 0. The van der Waals surface area contributed by atoms with Gasteiger partial charge in [-0.3, -0.25) is 10.1 Å². The maximum absolute atomic E-state index is 13.8. The molecule has 110 valence electrons. The molecule has 0 aliphatic carbocycles. The molecule has 1 heterocycles. The molecule has 2 unspecified atom stereocenters. The van der Waals surface area contributed by atoms with E-state index >= 15 is 0 Å². The van der Waals surface area contributed by atoms with Crippen LogP contribution >= 0.6 is 0 Å². The molecule has 0 aromatic heterocycles. The van der Waals surface area contributed by atoms with E-state index in [1.165, 1.54) is 0 Å². The minimum Gasteiger partial charge on any atom is -0.375 e. The summed E-state index contributed by atoms with van der Waals surface area (Å²) in [5.74, 6) is -2.32. The van der Waals surface area contributed by atoms with Gasteiger partial charge in [0.2, 0.25) is 0 Å². The van der Waals surface area contributed by atoms with Crippen LogP contribution in [0.5, 0.6) is 0 Å². The van der Waals surface area contributed by atoms with Crippen molar-refractivity contribution in [3.05, 3.63) is 33.9 Å². The molecule has 1 N–H and O–H groups in total. The molecule has 1 aromatic rings. The molecule has 2 rings (SSSR count). The molecule has 0 radical (unpaired) electrons. The molecule has 0 bridgehead atoms. The summed E-state index contributed by atoms with van der Waals surface area (Å²) in [4.78, 5) is 10.2. The normalized spacial score (nSPS) is 26.3. The summed E-state index contributed by atoms with van der Waals surface area (Å²) < 4.78 is 32.6. The summed E-state index contributed by atoms with van der Waals surface area (Å²) in [7, 11) is 0. The first-order valence-corrected chi connectivity index (χ1v) is 6.43. The second kappa shape index (κ2) is 5.70. The number of rotatable bonds is 3. The fourth-order valence-corrected chi connectivity index (χ4v) is 2.56. The molecule has 1 fully saturated rings. The third kappa shape index (κ3) is 3.04. The Labute approximate surface area is 115 Å². The minimum absolute atomic E-state index is 0.0353. The maximum Gasteiger partial charge on any atom is 0.295 e. The van der Waals surface area contributed by atoms with Crippen molar-refractivity contribution in [3.8, 4) is 0 Å². The maximum atomic E-state index is 13.8. The van der Waals surface area contributed by atoms with E-state index < -0.39 is 22.2 Å². The number of nitrogens with zero attached hydrogens (tertiary/aromatic N) is 1. The van der Waals surface area contributed by atoms with Crippen LogP contribution in [-0.2, 0) is 4.74 Å². The van der Waals surface area contributed by atoms with Crippen molar-refractivity contribution >= 4 is 11.4 Å². The lowest BCUT2D eigenvalue weighted by Crippen LogP contribution is -2.37. The fourth-order valence-electron chi connectivity index (χ4n) is 2.56. The summed E-state index contributed by atoms with van der Waals surface area (Å²) in [6.45, 7) is 3.75. The van der Waals surface area contributed by atoms with Gasteiger partial charge in [-0.2, -0.15) is 0 Å². The van der Waals surface area contributed by atoms with Crippen molar-refractivity contribution in [2.45, 2.75) is 44.9 Å². The van der Waals surface area contributed by atoms with Crippen LogP contribution in [0.1, 0.15) is 26.7 Å². The van der Waals surface area contributed by atoms with E-state index in [-0.39, 0.29) is 23.9 Å². The molecule has 5 nitrogen and oxygen atoms in total. The average Bonchev–Trinajstić information content (AvgIpc) is 2.33. The number of benzene rings is 1. The van der Waals surface area contributed by atoms with Crippen molar-refractivity contribution in [3.63, 3.8) is 0 Å². The number of nitrogens with one attached hydrogen (secondary N) is 1. The van der Waals surface area contributed by atoms with E-state index in [1.807, 2.05) is 13.8 Å². The van der Waals surface area contributed by atoms with Gasteiger partial charge in [-0.25, -0.2) is 8.78 Å². The first-order chi connectivity index (χ1) is 9.38. The minimum atomic E-state index is -1.22. The molecule has 2 atom stereocenters. The van der Waals surface area contributed by atoms with Crippen LogP contribution in [0.2, 0.25) is 0 Å². The zero-order chi connectivity index (χ0) is 14.9.